The number of unbranched alkanes of at least 4 members (excludes halogenated alkanes) is 2. The van der Waals surface area contributed by atoms with Crippen LogP contribution in [0.4, 0.5) is 4.79 Å². The van der Waals surface area contributed by atoms with E-state index >= 15 is 0 Å². The van der Waals surface area contributed by atoms with Crippen LogP contribution in [0, 0.1) is 5.92 Å². The van der Waals surface area contributed by atoms with Gasteiger partial charge in [0.05, 0.1) is 0 Å². The molecule has 0 aromatic heterocycles. The van der Waals surface area contributed by atoms with Crippen molar-refractivity contribution in [2.24, 2.45) is 5.92 Å². The van der Waals surface area contributed by atoms with Crippen molar-refractivity contribution in [3.05, 3.63) is 77.4 Å². The molecule has 4 rings (SSSR count). The first-order chi connectivity index (χ1) is 19.1. The fourth-order valence-electron chi connectivity index (χ4n) is 5.95. The molecular formula is C34H47N3O2. The molecular weight excluding hydrogens is 482 g/mol. The van der Waals surface area contributed by atoms with Gasteiger partial charge in [-0.2, -0.15) is 0 Å². The number of benzene rings is 2. The third kappa shape index (κ3) is 9.26. The highest BCUT2D eigenvalue weighted by Gasteiger charge is 2.28. The number of hydrogen-bond donors (Lipinski definition) is 1. The maximum absolute atomic E-state index is 13.8. The van der Waals surface area contributed by atoms with Crippen molar-refractivity contribution in [2.75, 3.05) is 26.2 Å². The predicted molar refractivity (Wildman–Crippen MR) is 161 cm³/mol. The largest absolute Gasteiger partial charge is 0.335 e. The quantitative estimate of drug-likeness (QED) is 0.306. The summed E-state index contributed by atoms with van der Waals surface area (Å²) in [6, 6.07) is 20.6. The van der Waals surface area contributed by atoms with E-state index in [0.29, 0.717) is 18.5 Å². The van der Waals surface area contributed by atoms with Crippen LogP contribution >= 0.6 is 0 Å². The number of carbonyl (C=O) groups excluding carboxylic acids is 2. The summed E-state index contributed by atoms with van der Waals surface area (Å²) in [5, 5.41) is 3.27. The second-order valence-corrected chi connectivity index (χ2v) is 11.4. The second kappa shape index (κ2) is 15.5. The molecule has 1 saturated heterocycles. The number of rotatable bonds is 11. The fraction of sp³-hybridized carbons (Fsp3) is 0.529. The van der Waals surface area contributed by atoms with E-state index in [2.05, 4.69) is 47.5 Å². The molecule has 0 atom stereocenters. The summed E-state index contributed by atoms with van der Waals surface area (Å²) in [5.74, 6) is 0.493. The lowest BCUT2D eigenvalue weighted by Gasteiger charge is -2.36. The monoisotopic (exact) mass is 529 g/mol. The lowest BCUT2D eigenvalue weighted by Crippen LogP contribution is -2.49. The Morgan fingerprint density at radius 3 is 2.23 bits per heavy atom. The number of amides is 3. The van der Waals surface area contributed by atoms with Gasteiger partial charge in [0, 0.05) is 37.8 Å². The Balaban J connectivity index is 1.42. The zero-order chi connectivity index (χ0) is 27.3. The Hall–Kier alpha value is -3.08. The molecule has 2 fully saturated rings. The highest BCUT2D eigenvalue weighted by atomic mass is 16.2. The SMILES string of the molecule is CCCCCC(=Cc1ccccc1)CN(CC1CCN(C(=O)NC2CCCCC2)CC1)C(=O)c1ccccc1. The van der Waals surface area contributed by atoms with Gasteiger partial charge in [0.15, 0.2) is 0 Å². The zero-order valence-corrected chi connectivity index (χ0v) is 23.8. The Kier molecular flexibility index (Phi) is 11.5. The molecule has 0 radical (unpaired) electrons. The summed E-state index contributed by atoms with van der Waals surface area (Å²) in [6.45, 7) is 5.13. The summed E-state index contributed by atoms with van der Waals surface area (Å²) >= 11 is 0. The van der Waals surface area contributed by atoms with Crippen molar-refractivity contribution >= 4 is 18.0 Å². The first-order valence-corrected chi connectivity index (χ1v) is 15.3. The number of nitrogens with one attached hydrogen (secondary N) is 1. The highest BCUT2D eigenvalue weighted by molar-refractivity contribution is 5.94. The van der Waals surface area contributed by atoms with Crippen LogP contribution in [0.3, 0.4) is 0 Å². The van der Waals surface area contributed by atoms with Gasteiger partial charge in [-0.25, -0.2) is 4.79 Å². The normalized spacial score (nSPS) is 17.2. The van der Waals surface area contributed by atoms with E-state index < -0.39 is 0 Å². The molecule has 0 unspecified atom stereocenters. The van der Waals surface area contributed by atoms with Crippen molar-refractivity contribution in [1.29, 1.82) is 0 Å². The van der Waals surface area contributed by atoms with Crippen LogP contribution in [-0.2, 0) is 0 Å². The highest BCUT2D eigenvalue weighted by Crippen LogP contribution is 2.23. The third-order valence-corrected chi connectivity index (χ3v) is 8.29. The van der Waals surface area contributed by atoms with E-state index in [1.807, 2.05) is 41.3 Å². The third-order valence-electron chi connectivity index (χ3n) is 8.29. The predicted octanol–water partition coefficient (Wildman–Crippen LogP) is 7.55. The lowest BCUT2D eigenvalue weighted by atomic mass is 9.94. The fourth-order valence-corrected chi connectivity index (χ4v) is 5.95. The molecule has 2 aliphatic rings. The molecule has 1 saturated carbocycles. The second-order valence-electron chi connectivity index (χ2n) is 11.4. The summed E-state index contributed by atoms with van der Waals surface area (Å²) in [4.78, 5) is 30.7. The van der Waals surface area contributed by atoms with E-state index in [-0.39, 0.29) is 11.9 Å². The van der Waals surface area contributed by atoms with Gasteiger partial charge >= 0.3 is 6.03 Å². The molecule has 1 N–H and O–H groups in total. The van der Waals surface area contributed by atoms with Gasteiger partial charge in [-0.15, -0.1) is 0 Å². The van der Waals surface area contributed by atoms with E-state index in [1.54, 1.807) is 0 Å². The smallest absolute Gasteiger partial charge is 0.317 e. The number of hydrogen-bond acceptors (Lipinski definition) is 2. The summed E-state index contributed by atoms with van der Waals surface area (Å²) in [6.07, 6.45) is 14.6. The van der Waals surface area contributed by atoms with Gasteiger partial charge in [-0.1, -0.05) is 99.2 Å². The molecule has 39 heavy (non-hydrogen) atoms. The zero-order valence-electron chi connectivity index (χ0n) is 23.8. The van der Waals surface area contributed by atoms with E-state index in [9.17, 15) is 9.59 Å². The molecule has 5 heteroatoms. The maximum atomic E-state index is 13.8. The first kappa shape index (κ1) is 28.9. The average molecular weight is 530 g/mol. The number of urea groups is 1. The molecule has 3 amide bonds. The van der Waals surface area contributed by atoms with E-state index in [4.69, 9.17) is 0 Å². The van der Waals surface area contributed by atoms with Crippen LogP contribution in [0.5, 0.6) is 0 Å². The van der Waals surface area contributed by atoms with Gasteiger partial charge in [0.1, 0.15) is 0 Å². The molecule has 0 spiro atoms. The number of piperidine rings is 1. The van der Waals surface area contributed by atoms with Crippen LogP contribution in [0.15, 0.2) is 66.2 Å². The van der Waals surface area contributed by atoms with E-state index in [1.165, 1.54) is 43.2 Å². The Labute approximate surface area is 235 Å². The molecule has 5 nitrogen and oxygen atoms in total. The molecule has 2 aromatic carbocycles. The van der Waals surface area contributed by atoms with Crippen LogP contribution in [0.2, 0.25) is 0 Å². The van der Waals surface area contributed by atoms with Crippen molar-refractivity contribution in [1.82, 2.24) is 15.1 Å². The summed E-state index contributed by atoms with van der Waals surface area (Å²) in [7, 11) is 0. The van der Waals surface area contributed by atoms with Crippen molar-refractivity contribution in [3.63, 3.8) is 0 Å². The Bertz CT molecular complexity index is 1040. The minimum atomic E-state index is 0.0987. The van der Waals surface area contributed by atoms with Crippen LogP contribution in [-0.4, -0.2) is 54.0 Å². The summed E-state index contributed by atoms with van der Waals surface area (Å²) in [5.41, 5.74) is 3.24. The van der Waals surface area contributed by atoms with Crippen molar-refractivity contribution in [3.8, 4) is 0 Å². The average Bonchev–Trinajstić information content (AvgIpc) is 2.98. The first-order valence-electron chi connectivity index (χ1n) is 15.3. The number of likely N-dealkylation sites (tertiary alicyclic amines) is 1. The van der Waals surface area contributed by atoms with Gasteiger partial charge in [-0.05, 0) is 62.1 Å². The Morgan fingerprint density at radius 2 is 1.56 bits per heavy atom. The van der Waals surface area contributed by atoms with Crippen LogP contribution in [0.25, 0.3) is 6.08 Å². The molecule has 1 aliphatic carbocycles. The van der Waals surface area contributed by atoms with Crippen molar-refractivity contribution in [2.45, 2.75) is 83.6 Å². The number of carbonyl (C=O) groups is 2. The van der Waals surface area contributed by atoms with Gasteiger partial charge in [-0.3, -0.25) is 4.79 Å². The van der Waals surface area contributed by atoms with Gasteiger partial charge < -0.3 is 15.1 Å². The minimum absolute atomic E-state index is 0.0987. The summed E-state index contributed by atoms with van der Waals surface area (Å²) < 4.78 is 0. The van der Waals surface area contributed by atoms with E-state index in [0.717, 1.165) is 63.7 Å². The number of nitrogens with zero attached hydrogens (tertiary/aromatic N) is 2. The van der Waals surface area contributed by atoms with Crippen LogP contribution < -0.4 is 5.32 Å². The maximum Gasteiger partial charge on any atom is 0.317 e. The molecule has 1 aliphatic heterocycles. The Morgan fingerprint density at radius 1 is 0.897 bits per heavy atom. The van der Waals surface area contributed by atoms with Gasteiger partial charge in [0.25, 0.3) is 5.91 Å². The topological polar surface area (TPSA) is 52.6 Å². The lowest BCUT2D eigenvalue weighted by molar-refractivity contribution is 0.0713. The molecule has 210 valence electrons. The molecule has 2 aromatic rings. The molecule has 0 bridgehead atoms. The standard InChI is InChI=1S/C34H47N3O2/c1-2-3-7-16-30(25-28-14-8-4-9-15-28)27-37(33(38)31-17-10-5-11-18-31)26-29-21-23-36(24-22-29)34(39)35-32-19-12-6-13-20-32/h4-5,8-11,14-15,17-18,25,29,32H,2-3,6-7,12-13,16,19-24,26-27H2,1H3,(H,35,39). The molecule has 1 heterocycles. The van der Waals surface area contributed by atoms with Gasteiger partial charge in [0.2, 0.25) is 0 Å². The van der Waals surface area contributed by atoms with Crippen LogP contribution in [0.1, 0.15) is 93.5 Å². The minimum Gasteiger partial charge on any atom is -0.335 e. The van der Waals surface area contributed by atoms with Crippen molar-refractivity contribution < 1.29 is 9.59 Å².